The lowest BCUT2D eigenvalue weighted by molar-refractivity contribution is -0.234. The topological polar surface area (TPSA) is 89.9 Å². The van der Waals surface area contributed by atoms with Gasteiger partial charge in [0, 0.05) is 17.3 Å². The van der Waals surface area contributed by atoms with Gasteiger partial charge < -0.3 is 14.6 Å². The minimum absolute atomic E-state index is 0.0672. The van der Waals surface area contributed by atoms with E-state index < -0.39 is 22.7 Å². The number of hydrogen-bond acceptors (Lipinski definition) is 6. The molecule has 37 heavy (non-hydrogen) atoms. The van der Waals surface area contributed by atoms with E-state index in [4.69, 9.17) is 9.47 Å². The van der Waals surface area contributed by atoms with Gasteiger partial charge in [0.2, 0.25) is 0 Å². The van der Waals surface area contributed by atoms with E-state index in [9.17, 15) is 19.5 Å². The molecule has 0 aromatic carbocycles. The molecular formula is C31H46O6. The zero-order valence-corrected chi connectivity index (χ0v) is 23.2. The number of aliphatic hydroxyl groups is 1. The number of ether oxygens (including phenoxy) is 2. The Balaban J connectivity index is 1.09. The second-order valence-electron chi connectivity index (χ2n) is 15.0. The summed E-state index contributed by atoms with van der Waals surface area (Å²) in [6.45, 7) is 7.93. The normalized spacial score (nSPS) is 45.1. The largest absolute Gasteiger partial charge is 0.459 e. The van der Waals surface area contributed by atoms with Gasteiger partial charge in [-0.1, -0.05) is 13.8 Å². The zero-order valence-electron chi connectivity index (χ0n) is 23.2. The third-order valence-electron chi connectivity index (χ3n) is 11.8. The molecule has 0 aromatic heterocycles. The molecule has 1 N–H and O–H groups in total. The van der Waals surface area contributed by atoms with Crippen LogP contribution in [0.1, 0.15) is 111 Å². The molecule has 8 aliphatic rings. The molecule has 8 saturated carbocycles. The fourth-order valence-corrected chi connectivity index (χ4v) is 10.4. The van der Waals surface area contributed by atoms with E-state index in [0.29, 0.717) is 49.2 Å². The molecule has 0 spiro atoms. The van der Waals surface area contributed by atoms with Crippen molar-refractivity contribution >= 4 is 17.7 Å². The van der Waals surface area contributed by atoms with Crippen LogP contribution >= 0.6 is 0 Å². The molecule has 8 aliphatic carbocycles. The van der Waals surface area contributed by atoms with Crippen molar-refractivity contribution in [3.63, 3.8) is 0 Å². The lowest BCUT2D eigenvalue weighted by Gasteiger charge is -2.64. The summed E-state index contributed by atoms with van der Waals surface area (Å²) in [6, 6.07) is 0. The van der Waals surface area contributed by atoms with Gasteiger partial charge in [0.1, 0.15) is 17.0 Å². The highest BCUT2D eigenvalue weighted by molar-refractivity contribution is 5.86. The fraction of sp³-hybridized carbons (Fsp3) is 0.903. The monoisotopic (exact) mass is 514 g/mol. The van der Waals surface area contributed by atoms with E-state index in [1.165, 1.54) is 6.42 Å². The number of rotatable bonds is 8. The number of hydrogen-bond donors (Lipinski definition) is 1. The fourth-order valence-electron chi connectivity index (χ4n) is 10.4. The van der Waals surface area contributed by atoms with Crippen LogP contribution in [0.5, 0.6) is 0 Å². The van der Waals surface area contributed by atoms with Crippen LogP contribution in [0.4, 0.5) is 0 Å². The molecule has 0 heterocycles. The van der Waals surface area contributed by atoms with Crippen LogP contribution in [-0.4, -0.2) is 39.6 Å². The highest BCUT2D eigenvalue weighted by Crippen LogP contribution is 2.65. The lowest BCUT2D eigenvalue weighted by atomic mass is 9.44. The number of carbonyl (C=O) groups excluding carboxylic acids is 3. The Bertz CT molecular complexity index is 950. The second-order valence-corrected chi connectivity index (χ2v) is 15.0. The van der Waals surface area contributed by atoms with Crippen molar-refractivity contribution in [1.29, 1.82) is 0 Å². The molecule has 6 heteroatoms. The average molecular weight is 515 g/mol. The van der Waals surface area contributed by atoms with Crippen molar-refractivity contribution in [3.8, 4) is 0 Å². The van der Waals surface area contributed by atoms with Crippen LogP contribution in [0.3, 0.4) is 0 Å². The lowest BCUT2D eigenvalue weighted by Crippen LogP contribution is -2.63. The minimum atomic E-state index is -0.654. The third-order valence-corrected chi connectivity index (χ3v) is 11.8. The summed E-state index contributed by atoms with van der Waals surface area (Å²) >= 11 is 0. The first-order valence-corrected chi connectivity index (χ1v) is 15.1. The molecule has 0 amide bonds. The maximum absolute atomic E-state index is 13.5. The van der Waals surface area contributed by atoms with Crippen molar-refractivity contribution in [2.45, 2.75) is 128 Å². The number of Topliss-reactive ketones (excluding diaryl/α,β-unsaturated/α-hetero) is 1. The smallest absolute Gasteiger partial charge is 0.309 e. The first kappa shape index (κ1) is 25.8. The predicted octanol–water partition coefficient (Wildman–Crippen LogP) is 5.38. The molecule has 8 bridgehead atoms. The van der Waals surface area contributed by atoms with Crippen molar-refractivity contribution in [2.75, 3.05) is 0 Å². The van der Waals surface area contributed by atoms with E-state index >= 15 is 0 Å². The summed E-state index contributed by atoms with van der Waals surface area (Å²) in [5, 5.41) is 11.2. The molecule has 0 aromatic rings. The number of ketones is 1. The van der Waals surface area contributed by atoms with Gasteiger partial charge >= 0.3 is 11.9 Å². The van der Waals surface area contributed by atoms with Gasteiger partial charge in [0.25, 0.3) is 0 Å². The summed E-state index contributed by atoms with van der Waals surface area (Å²) in [4.78, 5) is 39.3. The Hall–Kier alpha value is -1.43. The average Bonchev–Trinajstić information content (AvgIpc) is 2.77. The van der Waals surface area contributed by atoms with Crippen molar-refractivity contribution < 1.29 is 29.0 Å². The van der Waals surface area contributed by atoms with E-state index in [1.807, 2.05) is 27.7 Å². The van der Waals surface area contributed by atoms with Gasteiger partial charge in [-0.2, -0.15) is 0 Å². The van der Waals surface area contributed by atoms with Gasteiger partial charge in [0.05, 0.1) is 17.4 Å². The van der Waals surface area contributed by atoms with Crippen LogP contribution in [0.15, 0.2) is 0 Å². The van der Waals surface area contributed by atoms with Gasteiger partial charge in [-0.15, -0.1) is 0 Å². The molecule has 6 nitrogen and oxygen atoms in total. The van der Waals surface area contributed by atoms with Gasteiger partial charge in [-0.3, -0.25) is 14.4 Å². The van der Waals surface area contributed by atoms with Crippen LogP contribution in [0.2, 0.25) is 0 Å². The Morgan fingerprint density at radius 2 is 1.57 bits per heavy atom. The van der Waals surface area contributed by atoms with Gasteiger partial charge in [0.15, 0.2) is 0 Å². The highest BCUT2D eigenvalue weighted by atomic mass is 16.6. The molecule has 8 atom stereocenters. The third kappa shape index (κ3) is 4.28. The predicted molar refractivity (Wildman–Crippen MR) is 137 cm³/mol. The summed E-state index contributed by atoms with van der Waals surface area (Å²) in [7, 11) is 0. The van der Waals surface area contributed by atoms with Crippen molar-refractivity contribution in [2.24, 2.45) is 46.8 Å². The van der Waals surface area contributed by atoms with Crippen molar-refractivity contribution in [1.82, 2.24) is 0 Å². The van der Waals surface area contributed by atoms with E-state index in [1.54, 1.807) is 0 Å². The van der Waals surface area contributed by atoms with Crippen LogP contribution in [0.25, 0.3) is 0 Å². The second kappa shape index (κ2) is 8.53. The van der Waals surface area contributed by atoms with E-state index in [-0.39, 0.29) is 35.1 Å². The SMILES string of the molecule is CCC(CC(C)C(=O)OC12CC3C[C@@H](C1)C(=O)[C@@H](C3)C2)C(=O)OC(C)(C)C12CC3C[C@H](CC(O)(C3)C1)C2. The van der Waals surface area contributed by atoms with E-state index in [0.717, 1.165) is 51.4 Å². The first-order valence-electron chi connectivity index (χ1n) is 15.1. The molecule has 8 rings (SSSR count). The first-order chi connectivity index (χ1) is 17.3. The minimum Gasteiger partial charge on any atom is -0.459 e. The maximum Gasteiger partial charge on any atom is 0.309 e. The standard InChI is InChI=1S/C31H46O6/c1-5-22(6-18(2)26(33)37-31-14-19-8-23(15-31)25(32)24(9-19)16-31)27(34)36-28(3,4)29-10-20-7-21(11-29)13-30(35,12-20)17-29/h18-24,35H,5-17H2,1-4H3/t18?,19?,20-,21?,22?,23-,24-,29?,30?,31?/m0/s1. The van der Waals surface area contributed by atoms with Crippen LogP contribution in [-0.2, 0) is 23.9 Å². The number of esters is 2. The zero-order chi connectivity index (χ0) is 26.4. The highest BCUT2D eigenvalue weighted by Gasteiger charge is 2.63. The Labute approximate surface area is 221 Å². The Kier molecular flexibility index (Phi) is 5.96. The van der Waals surface area contributed by atoms with E-state index in [2.05, 4.69) is 0 Å². The Morgan fingerprint density at radius 3 is 2.14 bits per heavy atom. The quantitative estimate of drug-likeness (QED) is 0.437. The molecular weight excluding hydrogens is 468 g/mol. The molecule has 0 radical (unpaired) electrons. The molecule has 5 unspecified atom stereocenters. The van der Waals surface area contributed by atoms with Gasteiger partial charge in [-0.25, -0.2) is 0 Å². The summed E-state index contributed by atoms with van der Waals surface area (Å²) in [5.41, 5.74) is -1.89. The molecule has 8 fully saturated rings. The molecule has 0 aliphatic heterocycles. The van der Waals surface area contributed by atoms with Gasteiger partial charge in [-0.05, 0) is 115 Å². The maximum atomic E-state index is 13.5. The van der Waals surface area contributed by atoms with Crippen molar-refractivity contribution in [3.05, 3.63) is 0 Å². The Morgan fingerprint density at radius 1 is 0.946 bits per heavy atom. The molecule has 206 valence electrons. The summed E-state index contributed by atoms with van der Waals surface area (Å²) in [6.07, 6.45) is 11.0. The summed E-state index contributed by atoms with van der Waals surface area (Å²) < 4.78 is 12.5. The van der Waals surface area contributed by atoms with Crippen LogP contribution in [0, 0.1) is 46.8 Å². The number of carbonyl (C=O) groups is 3. The summed E-state index contributed by atoms with van der Waals surface area (Å²) in [5.74, 6) is 0.858. The van der Waals surface area contributed by atoms with Crippen LogP contribution < -0.4 is 0 Å². The molecule has 0 saturated heterocycles.